The first-order valence-corrected chi connectivity index (χ1v) is 11.1. The van der Waals surface area contributed by atoms with Gasteiger partial charge in [0, 0.05) is 37.8 Å². The third kappa shape index (κ3) is 6.86. The van der Waals surface area contributed by atoms with Crippen LogP contribution in [0.3, 0.4) is 0 Å². The van der Waals surface area contributed by atoms with Gasteiger partial charge in [0.25, 0.3) is 0 Å². The number of anilines is 1. The lowest BCUT2D eigenvalue weighted by Crippen LogP contribution is -2.45. The molecule has 1 heterocycles. The second-order valence-electron chi connectivity index (χ2n) is 8.80. The third-order valence-corrected chi connectivity index (χ3v) is 5.94. The molecule has 8 heteroatoms. The van der Waals surface area contributed by atoms with Crippen molar-refractivity contribution >= 4 is 11.4 Å². The minimum atomic E-state index is -4.58. The molecule has 178 valence electrons. The van der Waals surface area contributed by atoms with Crippen molar-refractivity contribution in [2.24, 2.45) is 0 Å². The van der Waals surface area contributed by atoms with Gasteiger partial charge in [-0.25, -0.2) is 4.85 Å². The lowest BCUT2D eigenvalue weighted by Gasteiger charge is -2.39. The van der Waals surface area contributed by atoms with Crippen molar-refractivity contribution < 1.29 is 23.0 Å². The van der Waals surface area contributed by atoms with E-state index in [0.29, 0.717) is 50.7 Å². The number of alkyl halides is 3. The summed E-state index contributed by atoms with van der Waals surface area (Å²) in [5, 5.41) is 14.3. The highest BCUT2D eigenvalue weighted by Gasteiger charge is 2.36. The van der Waals surface area contributed by atoms with E-state index < -0.39 is 23.0 Å². The summed E-state index contributed by atoms with van der Waals surface area (Å²) in [4.78, 5) is 4.80. The highest BCUT2D eigenvalue weighted by Crippen LogP contribution is 2.39. The molecule has 1 aliphatic rings. The molecule has 0 aromatic heterocycles. The number of ether oxygens (including phenoxy) is 1. The van der Waals surface area contributed by atoms with Crippen molar-refractivity contribution in [3.8, 4) is 5.75 Å². The number of halogens is 3. The van der Waals surface area contributed by atoms with E-state index in [1.165, 1.54) is 17.7 Å². The number of piperidine rings is 1. The molecule has 0 aliphatic carbocycles. The summed E-state index contributed by atoms with van der Waals surface area (Å²) in [6.45, 7) is 13.2. The van der Waals surface area contributed by atoms with Crippen LogP contribution < -0.4 is 15.0 Å². The van der Waals surface area contributed by atoms with Crippen LogP contribution >= 0.6 is 0 Å². The minimum Gasteiger partial charge on any atom is -0.493 e. The van der Waals surface area contributed by atoms with Crippen molar-refractivity contribution in [2.45, 2.75) is 57.5 Å². The standard InChI is InChI=1S/C25H30F3N3O2/c1-18(2)30-17-19-4-7-21(8-5-19)33-15-12-24(32)10-13-31(14-11-24)20-6-9-23(29-3)22(16-20)25(26,27)28/h4-9,16,18,30,32H,10-15,17H2,1-2H3. The van der Waals surface area contributed by atoms with E-state index in [2.05, 4.69) is 24.0 Å². The molecule has 0 amide bonds. The van der Waals surface area contributed by atoms with E-state index in [4.69, 9.17) is 11.3 Å². The quantitative estimate of drug-likeness (QED) is 0.506. The van der Waals surface area contributed by atoms with Crippen LogP contribution in [-0.4, -0.2) is 36.4 Å². The molecule has 0 atom stereocenters. The fourth-order valence-corrected chi connectivity index (χ4v) is 3.86. The Bertz CT molecular complexity index is 960. The summed E-state index contributed by atoms with van der Waals surface area (Å²) in [5.41, 5.74) is -0.655. The Labute approximate surface area is 193 Å². The number of hydrogen-bond acceptors (Lipinski definition) is 4. The number of rotatable bonds is 8. The zero-order chi connectivity index (χ0) is 24.1. The SMILES string of the molecule is [C-]#[N+]c1ccc(N2CCC(O)(CCOc3ccc(CNC(C)C)cc3)CC2)cc1C(F)(F)F. The van der Waals surface area contributed by atoms with Crippen LogP contribution in [0, 0.1) is 6.57 Å². The van der Waals surface area contributed by atoms with Crippen LogP contribution in [-0.2, 0) is 12.7 Å². The maximum atomic E-state index is 13.3. The third-order valence-electron chi connectivity index (χ3n) is 5.94. The predicted molar refractivity (Wildman–Crippen MR) is 123 cm³/mol. The second-order valence-corrected chi connectivity index (χ2v) is 8.80. The van der Waals surface area contributed by atoms with Crippen molar-refractivity contribution in [2.75, 3.05) is 24.6 Å². The molecule has 0 unspecified atom stereocenters. The molecule has 0 spiro atoms. The molecule has 1 aliphatic heterocycles. The highest BCUT2D eigenvalue weighted by molar-refractivity contribution is 5.62. The van der Waals surface area contributed by atoms with Gasteiger partial charge < -0.3 is 20.1 Å². The maximum absolute atomic E-state index is 13.3. The first-order valence-electron chi connectivity index (χ1n) is 11.1. The van der Waals surface area contributed by atoms with Gasteiger partial charge in [-0.15, -0.1) is 0 Å². The predicted octanol–water partition coefficient (Wildman–Crippen LogP) is 5.55. The van der Waals surface area contributed by atoms with Gasteiger partial charge in [0.15, 0.2) is 5.69 Å². The van der Waals surface area contributed by atoms with E-state index in [9.17, 15) is 18.3 Å². The Hall–Kier alpha value is -2.76. The molecule has 5 nitrogen and oxygen atoms in total. The van der Waals surface area contributed by atoms with Crippen molar-refractivity contribution in [1.82, 2.24) is 5.32 Å². The molecule has 0 saturated carbocycles. The smallest absolute Gasteiger partial charge is 0.407 e. The molecule has 0 radical (unpaired) electrons. The Morgan fingerprint density at radius 2 is 1.82 bits per heavy atom. The second kappa shape index (κ2) is 10.4. The average molecular weight is 462 g/mol. The lowest BCUT2D eigenvalue weighted by molar-refractivity contribution is -0.136. The highest BCUT2D eigenvalue weighted by atomic mass is 19.4. The summed E-state index contributed by atoms with van der Waals surface area (Å²) >= 11 is 0. The van der Waals surface area contributed by atoms with Gasteiger partial charge in [0.1, 0.15) is 5.75 Å². The van der Waals surface area contributed by atoms with Crippen LogP contribution in [0.1, 0.15) is 44.2 Å². The fourth-order valence-electron chi connectivity index (χ4n) is 3.86. The number of aliphatic hydroxyl groups is 1. The van der Waals surface area contributed by atoms with Crippen LogP contribution in [0.2, 0.25) is 0 Å². The molecule has 33 heavy (non-hydrogen) atoms. The summed E-state index contributed by atoms with van der Waals surface area (Å²) in [6, 6.07) is 12.0. The summed E-state index contributed by atoms with van der Waals surface area (Å²) in [5.74, 6) is 0.740. The zero-order valence-corrected chi connectivity index (χ0v) is 19.0. The van der Waals surface area contributed by atoms with Gasteiger partial charge >= 0.3 is 6.18 Å². The van der Waals surface area contributed by atoms with E-state index in [1.54, 1.807) is 0 Å². The van der Waals surface area contributed by atoms with Gasteiger partial charge in [-0.2, -0.15) is 13.2 Å². The number of nitrogens with zero attached hydrogens (tertiary/aromatic N) is 2. The largest absolute Gasteiger partial charge is 0.493 e. The molecule has 1 fully saturated rings. The average Bonchev–Trinajstić information content (AvgIpc) is 2.78. The number of benzene rings is 2. The Morgan fingerprint density at radius 1 is 1.15 bits per heavy atom. The summed E-state index contributed by atoms with van der Waals surface area (Å²) < 4.78 is 45.6. The molecule has 2 N–H and O–H groups in total. The first kappa shape index (κ1) is 24.9. The maximum Gasteiger partial charge on any atom is 0.407 e. The molecule has 3 rings (SSSR count). The summed E-state index contributed by atoms with van der Waals surface area (Å²) in [6.07, 6.45) is -3.26. The van der Waals surface area contributed by atoms with Crippen molar-refractivity contribution in [3.05, 3.63) is 65.0 Å². The molecule has 2 aromatic carbocycles. The fraction of sp³-hybridized carbons (Fsp3) is 0.480. The van der Waals surface area contributed by atoms with Gasteiger partial charge in [-0.3, -0.25) is 0 Å². The number of nitrogens with one attached hydrogen (secondary N) is 1. The zero-order valence-electron chi connectivity index (χ0n) is 19.0. The van der Waals surface area contributed by atoms with E-state index in [0.717, 1.165) is 18.4 Å². The van der Waals surface area contributed by atoms with Crippen LogP contribution in [0.4, 0.5) is 24.5 Å². The van der Waals surface area contributed by atoms with E-state index in [-0.39, 0.29) is 0 Å². The first-order chi connectivity index (χ1) is 15.6. The van der Waals surface area contributed by atoms with Crippen LogP contribution in [0.5, 0.6) is 5.75 Å². The van der Waals surface area contributed by atoms with Crippen LogP contribution in [0.25, 0.3) is 4.85 Å². The van der Waals surface area contributed by atoms with Crippen molar-refractivity contribution in [3.63, 3.8) is 0 Å². The summed E-state index contributed by atoms with van der Waals surface area (Å²) in [7, 11) is 0. The minimum absolute atomic E-state index is 0.359. The lowest BCUT2D eigenvalue weighted by atomic mass is 9.88. The molecular formula is C25H30F3N3O2. The van der Waals surface area contributed by atoms with E-state index >= 15 is 0 Å². The van der Waals surface area contributed by atoms with Gasteiger partial charge in [-0.1, -0.05) is 32.0 Å². The Morgan fingerprint density at radius 3 is 2.39 bits per heavy atom. The van der Waals surface area contributed by atoms with Crippen molar-refractivity contribution in [1.29, 1.82) is 0 Å². The van der Waals surface area contributed by atoms with Gasteiger partial charge in [-0.05, 0) is 42.7 Å². The van der Waals surface area contributed by atoms with Gasteiger partial charge in [0.05, 0.1) is 24.3 Å². The number of hydrogen-bond donors (Lipinski definition) is 2. The normalized spacial score (nSPS) is 16.0. The molecule has 0 bridgehead atoms. The molecule has 2 aromatic rings. The molecule has 1 saturated heterocycles. The van der Waals surface area contributed by atoms with Gasteiger partial charge in [0.2, 0.25) is 0 Å². The van der Waals surface area contributed by atoms with Crippen LogP contribution in [0.15, 0.2) is 42.5 Å². The molecular weight excluding hydrogens is 431 g/mol. The Kier molecular flexibility index (Phi) is 7.88. The van der Waals surface area contributed by atoms with E-state index in [1.807, 2.05) is 29.2 Å². The topological polar surface area (TPSA) is 49.1 Å². The monoisotopic (exact) mass is 461 g/mol. The Balaban J connectivity index is 1.50.